The Kier molecular flexibility index (Phi) is 6.48. The molecule has 168 valence electrons. The Labute approximate surface area is 184 Å². The van der Waals surface area contributed by atoms with Crippen LogP contribution in [0.1, 0.15) is 63.1 Å². The first-order valence-corrected chi connectivity index (χ1v) is 12.8. The molecule has 1 amide bonds. The summed E-state index contributed by atoms with van der Waals surface area (Å²) >= 11 is 0. The average molecular weight is 445 g/mol. The van der Waals surface area contributed by atoms with Crippen molar-refractivity contribution in [2.24, 2.45) is 5.92 Å². The van der Waals surface area contributed by atoms with Gasteiger partial charge in [-0.25, -0.2) is 13.1 Å². The molecule has 4 rings (SSSR count). The normalized spacial score (nSPS) is 19.0. The molecule has 0 saturated carbocycles. The molecule has 1 aliphatic heterocycles. The lowest BCUT2D eigenvalue weighted by atomic mass is 9.92. The third-order valence-electron chi connectivity index (χ3n) is 6.71. The van der Waals surface area contributed by atoms with E-state index in [9.17, 15) is 13.2 Å². The van der Waals surface area contributed by atoms with Crippen molar-refractivity contribution in [3.05, 3.63) is 41.6 Å². The maximum absolute atomic E-state index is 13.2. The van der Waals surface area contributed by atoms with Gasteiger partial charge in [-0.05, 0) is 75.1 Å². The van der Waals surface area contributed by atoms with E-state index in [0.717, 1.165) is 25.7 Å². The third kappa shape index (κ3) is 4.55. The number of nitrogens with one attached hydrogen (secondary N) is 1. The van der Waals surface area contributed by atoms with Gasteiger partial charge in [-0.1, -0.05) is 13.0 Å². The summed E-state index contributed by atoms with van der Waals surface area (Å²) in [7, 11) is -3.53. The maximum atomic E-state index is 13.2. The Bertz CT molecular complexity index is 1040. The first-order chi connectivity index (χ1) is 14.9. The molecule has 1 saturated heterocycles. The molecule has 0 bridgehead atoms. The molecule has 7 nitrogen and oxygen atoms in total. The van der Waals surface area contributed by atoms with Gasteiger partial charge in [-0.2, -0.15) is 9.40 Å². The summed E-state index contributed by atoms with van der Waals surface area (Å²) in [6, 6.07) is 7.59. The molecule has 1 fully saturated rings. The minimum Gasteiger partial charge on any atom is -0.311 e. The van der Waals surface area contributed by atoms with Gasteiger partial charge in [0.05, 0.1) is 17.1 Å². The van der Waals surface area contributed by atoms with Gasteiger partial charge in [0.25, 0.3) is 0 Å². The van der Waals surface area contributed by atoms with Crippen molar-refractivity contribution in [1.29, 1.82) is 0 Å². The minimum absolute atomic E-state index is 0.0594. The number of carbonyl (C=O) groups is 1. The van der Waals surface area contributed by atoms with Crippen molar-refractivity contribution >= 4 is 21.7 Å². The molecule has 0 radical (unpaired) electrons. The summed E-state index contributed by atoms with van der Waals surface area (Å²) in [6.45, 7) is 4.87. The predicted molar refractivity (Wildman–Crippen MR) is 120 cm³/mol. The van der Waals surface area contributed by atoms with Gasteiger partial charge in [0.1, 0.15) is 5.82 Å². The van der Waals surface area contributed by atoms with Crippen molar-refractivity contribution in [3.63, 3.8) is 0 Å². The highest BCUT2D eigenvalue weighted by molar-refractivity contribution is 7.89. The summed E-state index contributed by atoms with van der Waals surface area (Å²) in [5.41, 5.74) is 2.44. The van der Waals surface area contributed by atoms with E-state index in [0.29, 0.717) is 36.6 Å². The Morgan fingerprint density at radius 1 is 1.16 bits per heavy atom. The minimum atomic E-state index is -3.53. The molecular formula is C23H32N4O3S. The van der Waals surface area contributed by atoms with E-state index in [4.69, 9.17) is 0 Å². The van der Waals surface area contributed by atoms with Crippen LogP contribution in [0.2, 0.25) is 0 Å². The number of aromatic nitrogens is 2. The number of rotatable bonds is 6. The second kappa shape index (κ2) is 9.12. The predicted octanol–water partition coefficient (Wildman–Crippen LogP) is 3.77. The number of hydrogen-bond donors (Lipinski definition) is 1. The summed E-state index contributed by atoms with van der Waals surface area (Å²) < 4.78 is 29.7. The molecule has 2 aliphatic rings. The molecule has 1 aliphatic carbocycles. The van der Waals surface area contributed by atoms with E-state index < -0.39 is 10.0 Å². The maximum Gasteiger partial charge on any atom is 0.243 e. The zero-order valence-corrected chi connectivity index (χ0v) is 19.2. The van der Waals surface area contributed by atoms with Crippen LogP contribution < -0.4 is 5.32 Å². The molecule has 1 atom stereocenters. The van der Waals surface area contributed by atoms with E-state index in [1.54, 1.807) is 18.3 Å². The Morgan fingerprint density at radius 3 is 2.58 bits per heavy atom. The highest BCUT2D eigenvalue weighted by Crippen LogP contribution is 2.29. The lowest BCUT2D eigenvalue weighted by Crippen LogP contribution is -2.41. The van der Waals surface area contributed by atoms with Crippen LogP contribution in [0.3, 0.4) is 0 Å². The van der Waals surface area contributed by atoms with Gasteiger partial charge in [-0.15, -0.1) is 0 Å². The lowest BCUT2D eigenvalue weighted by molar-refractivity contribution is -0.121. The Morgan fingerprint density at radius 2 is 1.87 bits per heavy atom. The van der Waals surface area contributed by atoms with Gasteiger partial charge in [0.15, 0.2) is 0 Å². The van der Waals surface area contributed by atoms with Crippen molar-refractivity contribution in [2.45, 2.75) is 69.7 Å². The zero-order valence-electron chi connectivity index (χ0n) is 18.4. The average Bonchev–Trinajstić information content (AvgIpc) is 3.26. The van der Waals surface area contributed by atoms with Gasteiger partial charge in [0, 0.05) is 25.1 Å². The molecule has 1 aromatic heterocycles. The fourth-order valence-electron chi connectivity index (χ4n) is 4.54. The molecule has 1 aromatic carbocycles. The summed E-state index contributed by atoms with van der Waals surface area (Å²) in [4.78, 5) is 13.2. The van der Waals surface area contributed by atoms with Crippen LogP contribution in [0.15, 0.2) is 35.4 Å². The van der Waals surface area contributed by atoms with Crippen LogP contribution in [0, 0.1) is 5.92 Å². The highest BCUT2D eigenvalue weighted by atomic mass is 32.2. The van der Waals surface area contributed by atoms with Gasteiger partial charge in [0.2, 0.25) is 15.9 Å². The summed E-state index contributed by atoms with van der Waals surface area (Å²) in [6.07, 6.45) is 7.93. The van der Waals surface area contributed by atoms with Crippen LogP contribution >= 0.6 is 0 Å². The number of aryl methyl sites for hydroxylation is 2. The second-order valence-electron chi connectivity index (χ2n) is 8.72. The van der Waals surface area contributed by atoms with Crippen molar-refractivity contribution in [3.8, 4) is 0 Å². The first-order valence-electron chi connectivity index (χ1n) is 11.4. The van der Waals surface area contributed by atoms with E-state index in [1.807, 2.05) is 16.8 Å². The second-order valence-corrected chi connectivity index (χ2v) is 10.7. The van der Waals surface area contributed by atoms with E-state index >= 15 is 0 Å². The topological polar surface area (TPSA) is 84.3 Å². The Balaban J connectivity index is 1.39. The molecule has 31 heavy (non-hydrogen) atoms. The molecule has 1 N–H and O–H groups in total. The van der Waals surface area contributed by atoms with Gasteiger partial charge < -0.3 is 5.32 Å². The standard InChI is InChI=1S/C23H32N4O3S/c1-3-17(2)27-22(10-13-24-27)25-23(28)19-11-14-26(15-12-19)31(29,30)21-9-8-18-6-4-5-7-20(18)16-21/h8-10,13,16-17,19H,3-7,11-12,14-15H2,1-2H3,(H,25,28). The van der Waals surface area contributed by atoms with Crippen LogP contribution in [-0.4, -0.2) is 41.5 Å². The van der Waals surface area contributed by atoms with Crippen LogP contribution in [0.5, 0.6) is 0 Å². The van der Waals surface area contributed by atoms with Crippen LogP contribution in [-0.2, 0) is 27.7 Å². The smallest absolute Gasteiger partial charge is 0.243 e. The summed E-state index contributed by atoms with van der Waals surface area (Å²) in [5.74, 6) is 0.439. The number of fused-ring (bicyclic) bond motifs is 1. The molecule has 2 aromatic rings. The van der Waals surface area contributed by atoms with E-state index in [1.165, 1.54) is 21.9 Å². The Hall–Kier alpha value is -2.19. The number of carbonyl (C=O) groups excluding carboxylic acids is 1. The number of nitrogens with zero attached hydrogens (tertiary/aromatic N) is 3. The van der Waals surface area contributed by atoms with Crippen molar-refractivity contribution < 1.29 is 13.2 Å². The highest BCUT2D eigenvalue weighted by Gasteiger charge is 2.33. The number of benzene rings is 1. The van der Waals surface area contributed by atoms with Crippen LogP contribution in [0.25, 0.3) is 0 Å². The quantitative estimate of drug-likeness (QED) is 0.735. The molecule has 2 heterocycles. The fourth-order valence-corrected chi connectivity index (χ4v) is 6.06. The van der Waals surface area contributed by atoms with Crippen LogP contribution in [0.4, 0.5) is 5.82 Å². The number of sulfonamides is 1. The number of anilines is 1. The van der Waals surface area contributed by atoms with Gasteiger partial charge >= 0.3 is 0 Å². The zero-order chi connectivity index (χ0) is 22.0. The molecular weight excluding hydrogens is 412 g/mol. The SMILES string of the molecule is CCC(C)n1nccc1NC(=O)C1CCN(S(=O)(=O)c2ccc3c(c2)CCCC3)CC1. The number of amides is 1. The molecule has 0 spiro atoms. The van der Waals surface area contributed by atoms with E-state index in [2.05, 4.69) is 24.3 Å². The third-order valence-corrected chi connectivity index (χ3v) is 8.61. The van der Waals surface area contributed by atoms with E-state index in [-0.39, 0.29) is 17.9 Å². The number of hydrogen-bond acceptors (Lipinski definition) is 4. The van der Waals surface area contributed by atoms with Crippen molar-refractivity contribution in [2.75, 3.05) is 18.4 Å². The first kappa shape index (κ1) is 22.0. The summed E-state index contributed by atoms with van der Waals surface area (Å²) in [5, 5.41) is 7.30. The lowest BCUT2D eigenvalue weighted by Gasteiger charge is -2.31. The largest absolute Gasteiger partial charge is 0.311 e. The fraction of sp³-hybridized carbons (Fsp3) is 0.565. The molecule has 8 heteroatoms. The molecule has 1 unspecified atom stereocenters. The van der Waals surface area contributed by atoms with Gasteiger partial charge in [-0.3, -0.25) is 4.79 Å². The monoisotopic (exact) mass is 444 g/mol. The van der Waals surface area contributed by atoms with Crippen molar-refractivity contribution in [1.82, 2.24) is 14.1 Å². The number of piperidine rings is 1.